The molecule has 0 aromatic heterocycles. The van der Waals surface area contributed by atoms with E-state index in [0.717, 1.165) is 17.2 Å². The summed E-state index contributed by atoms with van der Waals surface area (Å²) >= 11 is 1.77. The van der Waals surface area contributed by atoms with Crippen molar-refractivity contribution in [1.29, 1.82) is 0 Å². The van der Waals surface area contributed by atoms with E-state index in [1.807, 2.05) is 24.3 Å². The van der Waals surface area contributed by atoms with E-state index in [1.165, 1.54) is 0 Å². The van der Waals surface area contributed by atoms with Crippen molar-refractivity contribution in [3.05, 3.63) is 29.8 Å². The fourth-order valence-corrected chi connectivity index (χ4v) is 3.06. The normalized spacial score (nSPS) is 21.1. The van der Waals surface area contributed by atoms with Crippen molar-refractivity contribution in [3.8, 4) is 5.75 Å². The first-order valence-corrected chi connectivity index (χ1v) is 7.29. The molecule has 1 unspecified atom stereocenters. The zero-order valence-corrected chi connectivity index (χ0v) is 12.3. The number of rotatable bonds is 4. The molecule has 1 saturated heterocycles. The number of nitrogens with one attached hydrogen (secondary N) is 2. The maximum atomic E-state index is 12.1. The van der Waals surface area contributed by atoms with Gasteiger partial charge in [-0.2, -0.15) is 0 Å². The Balaban J connectivity index is 1.89. The lowest BCUT2D eigenvalue weighted by atomic mass is 10.0. The van der Waals surface area contributed by atoms with Crippen molar-refractivity contribution in [3.63, 3.8) is 0 Å². The Morgan fingerprint density at radius 1 is 1.47 bits per heavy atom. The summed E-state index contributed by atoms with van der Waals surface area (Å²) in [5.74, 6) is 1.71. The number of hydrogen-bond acceptors (Lipinski definition) is 4. The highest BCUT2D eigenvalue weighted by Crippen LogP contribution is 2.32. The molecule has 1 aromatic rings. The molecular weight excluding hydrogens is 260 g/mol. The molecule has 1 aromatic carbocycles. The van der Waals surface area contributed by atoms with Gasteiger partial charge in [-0.25, -0.2) is 0 Å². The van der Waals surface area contributed by atoms with E-state index in [0.29, 0.717) is 6.54 Å². The Labute approximate surface area is 118 Å². The van der Waals surface area contributed by atoms with E-state index in [1.54, 1.807) is 18.9 Å². The summed E-state index contributed by atoms with van der Waals surface area (Å²) in [6.07, 6.45) is 0. The summed E-state index contributed by atoms with van der Waals surface area (Å²) in [5, 5.41) is 6.21. The van der Waals surface area contributed by atoms with E-state index in [9.17, 15) is 4.79 Å². The van der Waals surface area contributed by atoms with Crippen LogP contribution in [0.5, 0.6) is 5.75 Å². The van der Waals surface area contributed by atoms with Crippen LogP contribution >= 0.6 is 11.8 Å². The van der Waals surface area contributed by atoms with E-state index in [-0.39, 0.29) is 16.7 Å². The molecular formula is C14H20N2O2S. The van der Waals surface area contributed by atoms with Crippen LogP contribution in [0.3, 0.4) is 0 Å². The number of carbonyl (C=O) groups excluding carboxylic acids is 1. The quantitative estimate of drug-likeness (QED) is 0.882. The average Bonchev–Trinajstić information content (AvgIpc) is 2.76. The van der Waals surface area contributed by atoms with Crippen molar-refractivity contribution in [1.82, 2.24) is 10.6 Å². The molecule has 104 valence electrons. The van der Waals surface area contributed by atoms with E-state index in [4.69, 9.17) is 4.74 Å². The molecule has 1 atom stereocenters. The maximum Gasteiger partial charge on any atom is 0.238 e. The van der Waals surface area contributed by atoms with Gasteiger partial charge in [-0.15, -0.1) is 11.8 Å². The summed E-state index contributed by atoms with van der Waals surface area (Å²) in [6.45, 7) is 4.73. The highest BCUT2D eigenvalue weighted by atomic mass is 32.2. The molecule has 4 nitrogen and oxygen atoms in total. The molecule has 19 heavy (non-hydrogen) atoms. The molecule has 0 aliphatic carbocycles. The van der Waals surface area contributed by atoms with Gasteiger partial charge in [0, 0.05) is 17.2 Å². The van der Waals surface area contributed by atoms with Crippen molar-refractivity contribution in [2.75, 3.05) is 13.0 Å². The highest BCUT2D eigenvalue weighted by molar-refractivity contribution is 8.00. The summed E-state index contributed by atoms with van der Waals surface area (Å²) in [5.41, 5.74) is 1.07. The zero-order valence-electron chi connectivity index (χ0n) is 11.5. The second-order valence-corrected chi connectivity index (χ2v) is 6.72. The van der Waals surface area contributed by atoms with Crippen molar-refractivity contribution in [2.24, 2.45) is 0 Å². The fourth-order valence-electron chi connectivity index (χ4n) is 2.08. The Morgan fingerprint density at radius 2 is 2.16 bits per heavy atom. The third kappa shape index (κ3) is 3.42. The molecule has 1 aliphatic heterocycles. The lowest BCUT2D eigenvalue weighted by Gasteiger charge is -2.24. The van der Waals surface area contributed by atoms with Gasteiger partial charge in [0.25, 0.3) is 0 Å². The molecule has 1 amide bonds. The van der Waals surface area contributed by atoms with Crippen molar-refractivity contribution in [2.45, 2.75) is 31.2 Å². The number of amides is 1. The van der Waals surface area contributed by atoms with Crippen LogP contribution in [0.1, 0.15) is 19.4 Å². The Kier molecular flexibility index (Phi) is 4.37. The smallest absolute Gasteiger partial charge is 0.238 e. The van der Waals surface area contributed by atoms with Crippen LogP contribution in [0.2, 0.25) is 0 Å². The first-order chi connectivity index (χ1) is 9.03. The SMILES string of the molecule is COc1ccc(CNC(=O)C2NCSC2(C)C)cc1. The summed E-state index contributed by atoms with van der Waals surface area (Å²) in [6, 6.07) is 7.59. The molecule has 1 aliphatic rings. The maximum absolute atomic E-state index is 12.1. The number of methoxy groups -OCH3 is 1. The Morgan fingerprint density at radius 3 is 2.68 bits per heavy atom. The number of thioether (sulfide) groups is 1. The number of hydrogen-bond donors (Lipinski definition) is 2. The van der Waals surface area contributed by atoms with Gasteiger partial charge in [-0.1, -0.05) is 12.1 Å². The van der Waals surface area contributed by atoms with Gasteiger partial charge in [-0.3, -0.25) is 10.1 Å². The van der Waals surface area contributed by atoms with Crippen LogP contribution in [0.15, 0.2) is 24.3 Å². The van der Waals surface area contributed by atoms with E-state index >= 15 is 0 Å². The van der Waals surface area contributed by atoms with Crippen LogP contribution in [-0.2, 0) is 11.3 Å². The summed E-state index contributed by atoms with van der Waals surface area (Å²) in [4.78, 5) is 12.1. The Hall–Kier alpha value is -1.20. The van der Waals surface area contributed by atoms with Crippen LogP contribution in [0.4, 0.5) is 0 Å². The minimum atomic E-state index is -0.129. The van der Waals surface area contributed by atoms with Gasteiger partial charge < -0.3 is 10.1 Å². The van der Waals surface area contributed by atoms with Gasteiger partial charge in [-0.05, 0) is 31.5 Å². The molecule has 0 radical (unpaired) electrons. The van der Waals surface area contributed by atoms with Crippen LogP contribution in [0.25, 0.3) is 0 Å². The van der Waals surface area contributed by atoms with Crippen LogP contribution < -0.4 is 15.4 Å². The van der Waals surface area contributed by atoms with Crippen molar-refractivity contribution >= 4 is 17.7 Å². The number of ether oxygens (including phenoxy) is 1. The van der Waals surface area contributed by atoms with Crippen molar-refractivity contribution < 1.29 is 9.53 Å². The average molecular weight is 280 g/mol. The van der Waals surface area contributed by atoms with Gasteiger partial charge in [0.05, 0.1) is 7.11 Å². The lowest BCUT2D eigenvalue weighted by Crippen LogP contribution is -2.49. The molecule has 2 N–H and O–H groups in total. The summed E-state index contributed by atoms with van der Waals surface area (Å²) in [7, 11) is 1.64. The molecule has 0 saturated carbocycles. The summed E-state index contributed by atoms with van der Waals surface area (Å²) < 4.78 is 5.05. The standard InChI is InChI=1S/C14H20N2O2S/c1-14(2)12(16-9-19-14)13(17)15-8-10-4-6-11(18-3)7-5-10/h4-7,12,16H,8-9H2,1-3H3,(H,15,17). The number of benzene rings is 1. The fraction of sp³-hybridized carbons (Fsp3) is 0.500. The molecule has 0 bridgehead atoms. The molecule has 5 heteroatoms. The highest BCUT2D eigenvalue weighted by Gasteiger charge is 2.39. The first-order valence-electron chi connectivity index (χ1n) is 6.31. The van der Waals surface area contributed by atoms with Gasteiger partial charge >= 0.3 is 0 Å². The Bertz CT molecular complexity index is 445. The number of carbonyl (C=O) groups is 1. The third-order valence-electron chi connectivity index (χ3n) is 3.31. The first kappa shape index (κ1) is 14.2. The van der Waals surface area contributed by atoms with Crippen LogP contribution in [-0.4, -0.2) is 29.7 Å². The second kappa shape index (κ2) is 5.84. The topological polar surface area (TPSA) is 50.4 Å². The minimum absolute atomic E-state index is 0.0516. The van der Waals surface area contributed by atoms with Gasteiger partial charge in [0.15, 0.2) is 0 Å². The van der Waals surface area contributed by atoms with Crippen LogP contribution in [0, 0.1) is 0 Å². The predicted molar refractivity (Wildman–Crippen MR) is 78.3 cm³/mol. The minimum Gasteiger partial charge on any atom is -0.497 e. The lowest BCUT2D eigenvalue weighted by molar-refractivity contribution is -0.123. The van der Waals surface area contributed by atoms with E-state index in [2.05, 4.69) is 24.5 Å². The predicted octanol–water partition coefficient (Wildman–Crippen LogP) is 1.75. The molecule has 1 fully saturated rings. The monoisotopic (exact) mass is 280 g/mol. The molecule has 1 heterocycles. The second-order valence-electron chi connectivity index (χ2n) is 5.10. The zero-order chi connectivity index (χ0) is 13.9. The largest absolute Gasteiger partial charge is 0.497 e. The van der Waals surface area contributed by atoms with E-state index < -0.39 is 0 Å². The third-order valence-corrected chi connectivity index (χ3v) is 4.61. The molecule has 2 rings (SSSR count). The van der Waals surface area contributed by atoms with Gasteiger partial charge in [0.2, 0.25) is 5.91 Å². The van der Waals surface area contributed by atoms with Gasteiger partial charge in [0.1, 0.15) is 11.8 Å². The molecule has 0 spiro atoms.